The Bertz CT molecular complexity index is 1850. The van der Waals surface area contributed by atoms with Gasteiger partial charge in [0, 0.05) is 44.7 Å². The maximum atomic E-state index is 12.9. The number of sulfonamides is 1. The van der Waals surface area contributed by atoms with Crippen LogP contribution in [-0.2, 0) is 26.1 Å². The third-order valence-electron chi connectivity index (χ3n) is 6.49. The molecule has 5 rings (SSSR count). The molecule has 40 heavy (non-hydrogen) atoms. The van der Waals surface area contributed by atoms with Gasteiger partial charge in [-0.05, 0) is 80.6 Å². The van der Waals surface area contributed by atoms with Crippen LogP contribution < -0.4 is 10.0 Å². The van der Waals surface area contributed by atoms with Gasteiger partial charge in [0.2, 0.25) is 0 Å². The quantitative estimate of drug-likeness (QED) is 0.207. The second-order valence-corrected chi connectivity index (χ2v) is 11.3. The molecule has 10 heteroatoms. The zero-order valence-electron chi connectivity index (χ0n) is 21.7. The molecular weight excluding hydrogens is 550 g/mol. The predicted molar refractivity (Wildman–Crippen MR) is 157 cm³/mol. The lowest BCUT2D eigenvalue weighted by Gasteiger charge is -2.14. The normalized spacial score (nSPS) is 12.3. The van der Waals surface area contributed by atoms with Crippen molar-refractivity contribution in [3.05, 3.63) is 102 Å². The first-order chi connectivity index (χ1) is 19.2. The number of ether oxygens (including phenoxy) is 1. The summed E-state index contributed by atoms with van der Waals surface area (Å²) in [6.07, 6.45) is -1.13. The maximum absolute atomic E-state index is 12.9. The molecule has 0 aliphatic rings. The van der Waals surface area contributed by atoms with Gasteiger partial charge in [0.1, 0.15) is 0 Å². The van der Waals surface area contributed by atoms with E-state index in [0.29, 0.717) is 16.4 Å². The molecule has 1 unspecified atom stereocenters. The van der Waals surface area contributed by atoms with E-state index in [4.69, 9.17) is 16.3 Å². The minimum absolute atomic E-state index is 0.00701. The molecule has 2 N–H and O–H groups in total. The minimum atomic E-state index is -3.98. The van der Waals surface area contributed by atoms with E-state index < -0.39 is 28.0 Å². The number of halogens is 1. The number of carbonyl (C=O) groups excluding carboxylic acids is 2. The zero-order valence-corrected chi connectivity index (χ0v) is 23.3. The highest BCUT2D eigenvalue weighted by molar-refractivity contribution is 7.92. The largest absolute Gasteiger partial charge is 0.449 e. The number of benzene rings is 4. The van der Waals surface area contributed by atoms with Crippen molar-refractivity contribution in [3.63, 3.8) is 0 Å². The summed E-state index contributed by atoms with van der Waals surface area (Å²) >= 11 is 5.86. The molecule has 4 aromatic carbocycles. The number of esters is 1. The van der Waals surface area contributed by atoms with Crippen LogP contribution in [0.25, 0.3) is 21.8 Å². The number of fused-ring (bicyclic) bond motifs is 3. The van der Waals surface area contributed by atoms with E-state index in [2.05, 4.69) is 27.6 Å². The zero-order chi connectivity index (χ0) is 28.4. The molecule has 0 fully saturated rings. The average molecular weight is 576 g/mol. The second kappa shape index (κ2) is 11.0. The second-order valence-electron chi connectivity index (χ2n) is 9.17. The van der Waals surface area contributed by atoms with Crippen molar-refractivity contribution in [3.8, 4) is 0 Å². The summed E-state index contributed by atoms with van der Waals surface area (Å²) in [5, 5.41) is 5.36. The summed E-state index contributed by atoms with van der Waals surface area (Å²) in [5.41, 5.74) is 3.05. The van der Waals surface area contributed by atoms with Gasteiger partial charge in [-0.1, -0.05) is 35.9 Å². The van der Waals surface area contributed by atoms with Gasteiger partial charge in [0.05, 0.1) is 10.5 Å². The standard InChI is InChI=1S/C30H26ClN3O5S/c1-3-34-27-10-5-4-9-25(27)26-18-23(15-16-28(26)34)32-29(35)19(2)39-30(36)20-7-6-8-24(17-20)40(37,38)33-22-13-11-21(31)12-14-22/h4-19,33H,3H2,1-2H3,(H,32,35). The summed E-state index contributed by atoms with van der Waals surface area (Å²) in [6.45, 7) is 4.35. The molecule has 5 aromatic rings. The van der Waals surface area contributed by atoms with E-state index in [9.17, 15) is 18.0 Å². The van der Waals surface area contributed by atoms with Crippen molar-refractivity contribution in [2.24, 2.45) is 0 Å². The lowest BCUT2D eigenvalue weighted by Crippen LogP contribution is -2.30. The van der Waals surface area contributed by atoms with Crippen LogP contribution in [0.5, 0.6) is 0 Å². The molecule has 0 bridgehead atoms. The molecule has 1 atom stereocenters. The van der Waals surface area contributed by atoms with E-state index in [1.807, 2.05) is 36.4 Å². The molecule has 0 spiro atoms. The first-order valence-electron chi connectivity index (χ1n) is 12.6. The number of amides is 1. The number of carbonyl (C=O) groups is 2. The van der Waals surface area contributed by atoms with Crippen LogP contribution in [0.4, 0.5) is 11.4 Å². The van der Waals surface area contributed by atoms with E-state index in [1.165, 1.54) is 43.3 Å². The fraction of sp³-hybridized carbons (Fsp3) is 0.133. The van der Waals surface area contributed by atoms with Crippen molar-refractivity contribution in [2.75, 3.05) is 10.0 Å². The van der Waals surface area contributed by atoms with E-state index in [1.54, 1.807) is 12.1 Å². The summed E-state index contributed by atoms with van der Waals surface area (Å²) in [4.78, 5) is 25.6. The Hall–Kier alpha value is -4.34. The van der Waals surface area contributed by atoms with Crippen molar-refractivity contribution in [1.82, 2.24) is 4.57 Å². The third kappa shape index (κ3) is 5.52. The molecule has 1 heterocycles. The fourth-order valence-corrected chi connectivity index (χ4v) is 5.75. The topological polar surface area (TPSA) is 106 Å². The Morgan fingerprint density at radius 2 is 1.57 bits per heavy atom. The van der Waals surface area contributed by atoms with Gasteiger partial charge in [0.15, 0.2) is 6.10 Å². The van der Waals surface area contributed by atoms with E-state index in [0.717, 1.165) is 28.4 Å². The maximum Gasteiger partial charge on any atom is 0.338 e. The first-order valence-corrected chi connectivity index (χ1v) is 14.4. The number of hydrogen-bond donors (Lipinski definition) is 2. The van der Waals surface area contributed by atoms with Gasteiger partial charge in [-0.3, -0.25) is 9.52 Å². The Morgan fingerprint density at radius 1 is 0.875 bits per heavy atom. The van der Waals surface area contributed by atoms with Gasteiger partial charge in [-0.25, -0.2) is 13.2 Å². The molecule has 0 saturated heterocycles. The number of anilines is 2. The lowest BCUT2D eigenvalue weighted by molar-refractivity contribution is -0.123. The molecule has 1 aromatic heterocycles. The van der Waals surface area contributed by atoms with Crippen LogP contribution in [0.1, 0.15) is 24.2 Å². The molecule has 8 nitrogen and oxygen atoms in total. The van der Waals surface area contributed by atoms with Crippen LogP contribution in [0.15, 0.2) is 95.9 Å². The highest BCUT2D eigenvalue weighted by atomic mass is 35.5. The van der Waals surface area contributed by atoms with Gasteiger partial charge >= 0.3 is 5.97 Å². The average Bonchev–Trinajstić information content (AvgIpc) is 3.27. The Balaban J connectivity index is 1.28. The van der Waals surface area contributed by atoms with E-state index >= 15 is 0 Å². The number of rotatable bonds is 8. The molecule has 204 valence electrons. The van der Waals surface area contributed by atoms with Gasteiger partial charge < -0.3 is 14.6 Å². The number of aryl methyl sites for hydroxylation is 1. The van der Waals surface area contributed by atoms with Gasteiger partial charge in [0.25, 0.3) is 15.9 Å². The number of para-hydroxylation sites is 1. The molecule has 0 aliphatic carbocycles. The molecule has 1 amide bonds. The Labute approximate surface area is 236 Å². The fourth-order valence-electron chi connectivity index (χ4n) is 4.52. The van der Waals surface area contributed by atoms with Crippen LogP contribution in [0.3, 0.4) is 0 Å². The van der Waals surface area contributed by atoms with E-state index in [-0.39, 0.29) is 10.5 Å². The van der Waals surface area contributed by atoms with Gasteiger partial charge in [-0.2, -0.15) is 0 Å². The molecule has 0 radical (unpaired) electrons. The summed E-state index contributed by atoms with van der Waals surface area (Å²) in [5.74, 6) is -1.34. The van der Waals surface area contributed by atoms with Crippen LogP contribution in [-0.4, -0.2) is 31.0 Å². The third-order valence-corrected chi connectivity index (χ3v) is 8.12. The highest BCUT2D eigenvalue weighted by Crippen LogP contribution is 2.31. The monoisotopic (exact) mass is 575 g/mol. The van der Waals surface area contributed by atoms with Gasteiger partial charge in [-0.15, -0.1) is 0 Å². The molecule has 0 saturated carbocycles. The smallest absolute Gasteiger partial charge is 0.338 e. The number of nitrogens with one attached hydrogen (secondary N) is 2. The van der Waals surface area contributed by atoms with Crippen molar-refractivity contribution in [1.29, 1.82) is 0 Å². The predicted octanol–water partition coefficient (Wildman–Crippen LogP) is 6.45. The van der Waals surface area contributed by atoms with Crippen LogP contribution in [0, 0.1) is 0 Å². The summed E-state index contributed by atoms with van der Waals surface area (Å²) in [6, 6.07) is 25.3. The van der Waals surface area contributed by atoms with Crippen molar-refractivity contribution in [2.45, 2.75) is 31.4 Å². The molecule has 0 aliphatic heterocycles. The lowest BCUT2D eigenvalue weighted by atomic mass is 10.1. The Kier molecular flexibility index (Phi) is 7.51. The number of aromatic nitrogens is 1. The van der Waals surface area contributed by atoms with Crippen molar-refractivity contribution < 1.29 is 22.7 Å². The highest BCUT2D eigenvalue weighted by Gasteiger charge is 2.22. The summed E-state index contributed by atoms with van der Waals surface area (Å²) in [7, 11) is -3.98. The van der Waals surface area contributed by atoms with Crippen LogP contribution in [0.2, 0.25) is 5.02 Å². The minimum Gasteiger partial charge on any atom is -0.449 e. The SMILES string of the molecule is CCn1c2ccccc2c2cc(NC(=O)C(C)OC(=O)c3cccc(S(=O)(=O)Nc4ccc(Cl)cc4)c3)ccc21. The number of nitrogens with zero attached hydrogens (tertiary/aromatic N) is 1. The van der Waals surface area contributed by atoms with Crippen LogP contribution >= 0.6 is 11.6 Å². The molecular formula is C30H26ClN3O5S. The van der Waals surface area contributed by atoms with Crippen molar-refractivity contribution >= 4 is 66.7 Å². The number of hydrogen-bond acceptors (Lipinski definition) is 5. The Morgan fingerprint density at radius 3 is 2.33 bits per heavy atom. The first kappa shape index (κ1) is 27.2. The summed E-state index contributed by atoms with van der Waals surface area (Å²) < 4.78 is 35.7.